The summed E-state index contributed by atoms with van der Waals surface area (Å²) >= 11 is 0. The Bertz CT molecular complexity index is 221. The number of nitrogens with one attached hydrogen (secondary N) is 2. The SMILES string of the molecule is CC1CCCC(NC(=O)N[C@H](C)CCO)C1. The molecule has 1 aliphatic carbocycles. The molecule has 1 rings (SSSR count). The van der Waals surface area contributed by atoms with Crippen molar-refractivity contribution in [2.45, 2.75) is 58.0 Å². The highest BCUT2D eigenvalue weighted by Crippen LogP contribution is 2.23. The molecule has 94 valence electrons. The van der Waals surface area contributed by atoms with Crippen LogP contribution in [0.3, 0.4) is 0 Å². The molecule has 0 bridgehead atoms. The fourth-order valence-electron chi connectivity index (χ4n) is 2.28. The van der Waals surface area contributed by atoms with E-state index >= 15 is 0 Å². The van der Waals surface area contributed by atoms with Gasteiger partial charge in [0.1, 0.15) is 0 Å². The number of carbonyl (C=O) groups is 1. The van der Waals surface area contributed by atoms with Crippen molar-refractivity contribution in [3.63, 3.8) is 0 Å². The molecule has 0 heterocycles. The van der Waals surface area contributed by atoms with Crippen LogP contribution in [0.2, 0.25) is 0 Å². The summed E-state index contributed by atoms with van der Waals surface area (Å²) in [6, 6.07) is 0.260. The van der Waals surface area contributed by atoms with Gasteiger partial charge in [-0.2, -0.15) is 0 Å². The quantitative estimate of drug-likeness (QED) is 0.685. The zero-order valence-corrected chi connectivity index (χ0v) is 10.3. The molecule has 4 nitrogen and oxygen atoms in total. The summed E-state index contributed by atoms with van der Waals surface area (Å²) < 4.78 is 0. The van der Waals surface area contributed by atoms with Crippen LogP contribution in [0.25, 0.3) is 0 Å². The van der Waals surface area contributed by atoms with Crippen molar-refractivity contribution in [2.24, 2.45) is 5.92 Å². The third-order valence-electron chi connectivity index (χ3n) is 3.21. The maximum atomic E-state index is 11.6. The van der Waals surface area contributed by atoms with Crippen LogP contribution >= 0.6 is 0 Å². The topological polar surface area (TPSA) is 61.4 Å². The maximum Gasteiger partial charge on any atom is 0.315 e. The van der Waals surface area contributed by atoms with Crippen LogP contribution < -0.4 is 10.6 Å². The summed E-state index contributed by atoms with van der Waals surface area (Å²) in [5.74, 6) is 0.717. The van der Waals surface area contributed by atoms with E-state index in [0.29, 0.717) is 18.4 Å². The minimum Gasteiger partial charge on any atom is -0.396 e. The first-order valence-corrected chi connectivity index (χ1v) is 6.29. The molecular formula is C12H24N2O2. The van der Waals surface area contributed by atoms with E-state index in [-0.39, 0.29) is 18.7 Å². The van der Waals surface area contributed by atoms with E-state index in [2.05, 4.69) is 17.6 Å². The van der Waals surface area contributed by atoms with Crippen LogP contribution in [0, 0.1) is 5.92 Å². The zero-order valence-electron chi connectivity index (χ0n) is 10.3. The molecule has 4 heteroatoms. The molecule has 2 unspecified atom stereocenters. The summed E-state index contributed by atoms with van der Waals surface area (Å²) in [7, 11) is 0. The number of rotatable bonds is 4. The van der Waals surface area contributed by atoms with Gasteiger partial charge in [-0.15, -0.1) is 0 Å². The van der Waals surface area contributed by atoms with Crippen molar-refractivity contribution in [1.82, 2.24) is 10.6 Å². The van der Waals surface area contributed by atoms with Gasteiger partial charge in [0, 0.05) is 18.7 Å². The highest BCUT2D eigenvalue weighted by atomic mass is 16.3. The van der Waals surface area contributed by atoms with Crippen LogP contribution in [-0.4, -0.2) is 29.8 Å². The largest absolute Gasteiger partial charge is 0.396 e. The van der Waals surface area contributed by atoms with Crippen molar-refractivity contribution in [2.75, 3.05) is 6.61 Å². The number of hydrogen-bond donors (Lipinski definition) is 3. The van der Waals surface area contributed by atoms with E-state index in [1.54, 1.807) is 0 Å². The van der Waals surface area contributed by atoms with Crippen molar-refractivity contribution in [1.29, 1.82) is 0 Å². The average molecular weight is 228 g/mol. The first kappa shape index (κ1) is 13.3. The van der Waals surface area contributed by atoms with Crippen molar-refractivity contribution in [3.8, 4) is 0 Å². The molecule has 1 aliphatic rings. The van der Waals surface area contributed by atoms with Crippen molar-refractivity contribution >= 4 is 6.03 Å². The molecule has 0 saturated heterocycles. The minimum absolute atomic E-state index is 0.0333. The van der Waals surface area contributed by atoms with Gasteiger partial charge in [-0.25, -0.2) is 4.79 Å². The van der Waals surface area contributed by atoms with E-state index in [1.807, 2.05) is 6.92 Å². The summed E-state index contributed by atoms with van der Waals surface area (Å²) in [4.78, 5) is 11.6. The van der Waals surface area contributed by atoms with Gasteiger partial charge in [0.05, 0.1) is 0 Å². The van der Waals surface area contributed by atoms with Gasteiger partial charge in [0.15, 0.2) is 0 Å². The van der Waals surface area contributed by atoms with Crippen LogP contribution in [0.4, 0.5) is 4.79 Å². The molecule has 0 aromatic carbocycles. The van der Waals surface area contributed by atoms with Gasteiger partial charge in [-0.1, -0.05) is 19.8 Å². The molecule has 2 amide bonds. The van der Waals surface area contributed by atoms with Crippen molar-refractivity contribution in [3.05, 3.63) is 0 Å². The van der Waals surface area contributed by atoms with Gasteiger partial charge < -0.3 is 15.7 Å². The smallest absolute Gasteiger partial charge is 0.315 e. The van der Waals surface area contributed by atoms with E-state index < -0.39 is 0 Å². The Morgan fingerprint density at radius 1 is 1.50 bits per heavy atom. The van der Waals surface area contributed by atoms with Crippen LogP contribution in [0.15, 0.2) is 0 Å². The summed E-state index contributed by atoms with van der Waals surface area (Å²) in [5.41, 5.74) is 0. The predicted octanol–water partition coefficient (Wildman–Crippen LogP) is 1.64. The standard InChI is InChI=1S/C12H24N2O2/c1-9-4-3-5-11(8-9)14-12(16)13-10(2)6-7-15/h9-11,15H,3-8H2,1-2H3,(H2,13,14,16)/t9?,10-,11?/m1/s1. The molecule has 3 N–H and O–H groups in total. The maximum absolute atomic E-state index is 11.6. The van der Waals surface area contributed by atoms with Crippen LogP contribution in [-0.2, 0) is 0 Å². The summed E-state index contributed by atoms with van der Waals surface area (Å²) in [5, 5.41) is 14.6. The highest BCUT2D eigenvalue weighted by molar-refractivity contribution is 5.74. The fourth-order valence-corrected chi connectivity index (χ4v) is 2.28. The molecule has 3 atom stereocenters. The highest BCUT2D eigenvalue weighted by Gasteiger charge is 2.20. The van der Waals surface area contributed by atoms with Gasteiger partial charge in [-0.05, 0) is 32.1 Å². The Morgan fingerprint density at radius 3 is 2.88 bits per heavy atom. The lowest BCUT2D eigenvalue weighted by molar-refractivity contribution is 0.219. The first-order chi connectivity index (χ1) is 7.61. The first-order valence-electron chi connectivity index (χ1n) is 6.29. The predicted molar refractivity (Wildman–Crippen MR) is 64.3 cm³/mol. The molecule has 1 fully saturated rings. The minimum atomic E-state index is -0.0972. The second-order valence-corrected chi connectivity index (χ2v) is 5.00. The van der Waals surface area contributed by atoms with Crippen molar-refractivity contribution < 1.29 is 9.90 Å². The van der Waals surface area contributed by atoms with E-state index in [1.165, 1.54) is 12.8 Å². The van der Waals surface area contributed by atoms with E-state index in [9.17, 15) is 4.79 Å². The van der Waals surface area contributed by atoms with E-state index in [4.69, 9.17) is 5.11 Å². The number of urea groups is 1. The number of aliphatic hydroxyl groups excluding tert-OH is 1. The van der Waals surface area contributed by atoms with Gasteiger partial charge in [0.2, 0.25) is 0 Å². The van der Waals surface area contributed by atoms with Crippen LogP contribution in [0.5, 0.6) is 0 Å². The lowest BCUT2D eigenvalue weighted by Crippen LogP contribution is -2.46. The Balaban J connectivity index is 2.22. The Kier molecular flexibility index (Phi) is 5.60. The molecule has 16 heavy (non-hydrogen) atoms. The molecule has 0 spiro atoms. The summed E-state index contributed by atoms with van der Waals surface area (Å²) in [6.07, 6.45) is 5.27. The number of carbonyl (C=O) groups excluding carboxylic acids is 1. The van der Waals surface area contributed by atoms with Gasteiger partial charge >= 0.3 is 6.03 Å². The number of amides is 2. The van der Waals surface area contributed by atoms with Gasteiger partial charge in [0.25, 0.3) is 0 Å². The number of hydrogen-bond acceptors (Lipinski definition) is 2. The lowest BCUT2D eigenvalue weighted by atomic mass is 9.87. The molecule has 0 radical (unpaired) electrons. The Hall–Kier alpha value is -0.770. The monoisotopic (exact) mass is 228 g/mol. The normalized spacial score (nSPS) is 27.2. The lowest BCUT2D eigenvalue weighted by Gasteiger charge is -2.28. The molecular weight excluding hydrogens is 204 g/mol. The average Bonchev–Trinajstić information content (AvgIpc) is 2.17. The number of aliphatic hydroxyl groups is 1. The molecule has 0 aliphatic heterocycles. The molecule has 0 aromatic rings. The second kappa shape index (κ2) is 6.74. The fraction of sp³-hybridized carbons (Fsp3) is 0.917. The Labute approximate surface area is 97.8 Å². The summed E-state index contributed by atoms with van der Waals surface area (Å²) in [6.45, 7) is 4.25. The third-order valence-corrected chi connectivity index (χ3v) is 3.21. The van der Waals surface area contributed by atoms with Gasteiger partial charge in [-0.3, -0.25) is 0 Å². The molecule has 0 aromatic heterocycles. The third kappa shape index (κ3) is 4.84. The molecule has 1 saturated carbocycles. The zero-order chi connectivity index (χ0) is 12.0. The second-order valence-electron chi connectivity index (χ2n) is 5.00. The van der Waals surface area contributed by atoms with E-state index in [0.717, 1.165) is 12.8 Å². The van der Waals surface area contributed by atoms with Crippen LogP contribution in [0.1, 0.15) is 46.0 Å². The Morgan fingerprint density at radius 2 is 2.25 bits per heavy atom.